The predicted molar refractivity (Wildman–Crippen MR) is 59.0 cm³/mol. The smallest absolute Gasteiger partial charge is 0.216 e. The number of thiazole rings is 1. The lowest BCUT2D eigenvalue weighted by Gasteiger charge is -2.26. The van der Waals surface area contributed by atoms with E-state index in [1.807, 2.05) is 11.6 Å². The molecule has 1 N–H and O–H groups in total. The Balaban J connectivity index is 1.79. The highest BCUT2D eigenvalue weighted by atomic mass is 32.1. The molecular weight excluding hydrogens is 210 g/mol. The maximum atomic E-state index is 4.21. The molecule has 3 heterocycles. The fraction of sp³-hybridized carbons (Fsp3) is 0.556. The van der Waals surface area contributed by atoms with E-state index in [4.69, 9.17) is 0 Å². The van der Waals surface area contributed by atoms with Crippen LogP contribution in [0.5, 0.6) is 0 Å². The first-order valence-corrected chi connectivity index (χ1v) is 6.01. The van der Waals surface area contributed by atoms with Crippen molar-refractivity contribution in [3.63, 3.8) is 0 Å². The Morgan fingerprint density at radius 2 is 2.20 bits per heavy atom. The van der Waals surface area contributed by atoms with Crippen LogP contribution in [-0.4, -0.2) is 45.7 Å². The second-order valence-corrected chi connectivity index (χ2v) is 4.57. The quantitative estimate of drug-likeness (QED) is 0.790. The Bertz CT molecular complexity index is 442. The molecule has 15 heavy (non-hydrogen) atoms. The van der Waals surface area contributed by atoms with Crippen molar-refractivity contribution in [2.75, 3.05) is 26.2 Å². The molecule has 1 fully saturated rings. The van der Waals surface area contributed by atoms with Gasteiger partial charge in [0.1, 0.15) is 0 Å². The van der Waals surface area contributed by atoms with Gasteiger partial charge in [0.2, 0.25) is 4.96 Å². The molecule has 0 aromatic carbocycles. The lowest BCUT2D eigenvalue weighted by atomic mass is 10.3. The van der Waals surface area contributed by atoms with E-state index < -0.39 is 0 Å². The van der Waals surface area contributed by atoms with Crippen molar-refractivity contribution >= 4 is 16.3 Å². The molecule has 3 rings (SSSR count). The minimum atomic E-state index is 0.902. The highest BCUT2D eigenvalue weighted by Gasteiger charge is 2.13. The van der Waals surface area contributed by atoms with Gasteiger partial charge in [0.25, 0.3) is 0 Å². The summed E-state index contributed by atoms with van der Waals surface area (Å²) in [6.45, 7) is 5.24. The van der Waals surface area contributed by atoms with Crippen molar-refractivity contribution in [2.45, 2.75) is 6.54 Å². The minimum Gasteiger partial charge on any atom is -0.314 e. The molecule has 0 radical (unpaired) electrons. The van der Waals surface area contributed by atoms with Crippen LogP contribution in [0.25, 0.3) is 4.96 Å². The maximum Gasteiger partial charge on any atom is 0.216 e. The van der Waals surface area contributed by atoms with Crippen molar-refractivity contribution in [3.8, 4) is 0 Å². The average Bonchev–Trinajstić information content (AvgIpc) is 2.85. The zero-order valence-electron chi connectivity index (χ0n) is 8.39. The van der Waals surface area contributed by atoms with Gasteiger partial charge in [0, 0.05) is 37.8 Å². The van der Waals surface area contributed by atoms with Gasteiger partial charge in [0.05, 0.1) is 6.54 Å². The van der Waals surface area contributed by atoms with Gasteiger partial charge in [-0.3, -0.25) is 9.30 Å². The Labute approximate surface area is 91.7 Å². The van der Waals surface area contributed by atoms with Crippen LogP contribution < -0.4 is 5.32 Å². The van der Waals surface area contributed by atoms with Gasteiger partial charge in [-0.15, -0.1) is 21.5 Å². The number of nitrogens with one attached hydrogen (secondary N) is 1. The fourth-order valence-electron chi connectivity index (χ4n) is 1.87. The van der Waals surface area contributed by atoms with Crippen LogP contribution in [-0.2, 0) is 6.54 Å². The molecule has 0 spiro atoms. The van der Waals surface area contributed by atoms with Gasteiger partial charge in [-0.25, -0.2) is 0 Å². The minimum absolute atomic E-state index is 0.902. The molecule has 1 saturated heterocycles. The highest BCUT2D eigenvalue weighted by Crippen LogP contribution is 2.11. The second-order valence-electron chi connectivity index (χ2n) is 3.70. The molecule has 0 atom stereocenters. The number of aromatic nitrogens is 3. The van der Waals surface area contributed by atoms with Crippen LogP contribution >= 0.6 is 11.3 Å². The van der Waals surface area contributed by atoms with E-state index in [2.05, 4.69) is 24.8 Å². The summed E-state index contributed by atoms with van der Waals surface area (Å²) in [6.07, 6.45) is 2.04. The maximum absolute atomic E-state index is 4.21. The monoisotopic (exact) mass is 223 g/mol. The van der Waals surface area contributed by atoms with Gasteiger partial charge in [-0.05, 0) is 0 Å². The van der Waals surface area contributed by atoms with Crippen molar-refractivity contribution in [1.82, 2.24) is 24.8 Å². The molecule has 80 valence electrons. The summed E-state index contributed by atoms with van der Waals surface area (Å²) < 4.78 is 2.08. The predicted octanol–water partition coefficient (Wildman–Crippen LogP) is 0.196. The molecule has 1 aliphatic heterocycles. The van der Waals surface area contributed by atoms with Crippen molar-refractivity contribution in [3.05, 3.63) is 17.4 Å². The molecule has 2 aromatic heterocycles. The van der Waals surface area contributed by atoms with Crippen LogP contribution in [0.1, 0.15) is 5.82 Å². The molecule has 0 aliphatic carbocycles. The summed E-state index contributed by atoms with van der Waals surface area (Å²) >= 11 is 1.63. The third-order valence-electron chi connectivity index (χ3n) is 2.69. The van der Waals surface area contributed by atoms with Crippen molar-refractivity contribution < 1.29 is 0 Å². The van der Waals surface area contributed by atoms with E-state index in [1.165, 1.54) is 0 Å². The Morgan fingerprint density at radius 3 is 3.07 bits per heavy atom. The van der Waals surface area contributed by atoms with Gasteiger partial charge in [-0.1, -0.05) is 0 Å². The highest BCUT2D eigenvalue weighted by molar-refractivity contribution is 7.15. The molecule has 2 aromatic rings. The van der Waals surface area contributed by atoms with E-state index >= 15 is 0 Å². The molecule has 0 bridgehead atoms. The van der Waals surface area contributed by atoms with Crippen molar-refractivity contribution in [1.29, 1.82) is 0 Å². The summed E-state index contributed by atoms with van der Waals surface area (Å²) in [5.41, 5.74) is 0. The number of piperazine rings is 1. The third kappa shape index (κ3) is 1.75. The Morgan fingerprint density at radius 1 is 1.33 bits per heavy atom. The molecule has 0 amide bonds. The summed E-state index contributed by atoms with van der Waals surface area (Å²) in [4.78, 5) is 3.39. The zero-order valence-corrected chi connectivity index (χ0v) is 9.20. The molecule has 1 aliphatic rings. The molecule has 0 unspecified atom stereocenters. The van der Waals surface area contributed by atoms with E-state index in [1.54, 1.807) is 11.3 Å². The topological polar surface area (TPSA) is 45.5 Å². The number of nitrogens with zero attached hydrogens (tertiary/aromatic N) is 4. The van der Waals surface area contributed by atoms with Crippen LogP contribution in [0.2, 0.25) is 0 Å². The van der Waals surface area contributed by atoms with Gasteiger partial charge < -0.3 is 5.32 Å². The Hall–Kier alpha value is -0.980. The first kappa shape index (κ1) is 9.26. The lowest BCUT2D eigenvalue weighted by Crippen LogP contribution is -2.43. The third-order valence-corrected chi connectivity index (χ3v) is 3.44. The number of fused-ring (bicyclic) bond motifs is 1. The van der Waals surface area contributed by atoms with E-state index in [9.17, 15) is 0 Å². The van der Waals surface area contributed by atoms with E-state index in [0.29, 0.717) is 0 Å². The van der Waals surface area contributed by atoms with E-state index in [-0.39, 0.29) is 0 Å². The van der Waals surface area contributed by atoms with Crippen molar-refractivity contribution in [2.24, 2.45) is 0 Å². The van der Waals surface area contributed by atoms with Crippen LogP contribution in [0.4, 0.5) is 0 Å². The lowest BCUT2D eigenvalue weighted by molar-refractivity contribution is 0.227. The summed E-state index contributed by atoms with van der Waals surface area (Å²) in [5.74, 6) is 1.05. The van der Waals surface area contributed by atoms with E-state index in [0.717, 1.165) is 43.5 Å². The first-order valence-electron chi connectivity index (χ1n) is 5.14. The Kier molecular flexibility index (Phi) is 2.40. The van der Waals surface area contributed by atoms with Gasteiger partial charge in [0.15, 0.2) is 5.82 Å². The van der Waals surface area contributed by atoms with Gasteiger partial charge in [-0.2, -0.15) is 0 Å². The number of hydrogen-bond donors (Lipinski definition) is 1. The number of rotatable bonds is 2. The first-order chi connectivity index (χ1) is 7.43. The standard InChI is InChI=1S/C9H13N5S/c1-3-13(4-2-10-1)7-8-11-12-9-14(8)5-6-15-9/h5-6,10H,1-4,7H2. The largest absolute Gasteiger partial charge is 0.314 e. The molecule has 0 saturated carbocycles. The summed E-state index contributed by atoms with van der Waals surface area (Å²) in [6, 6.07) is 0. The second kappa shape index (κ2) is 3.88. The zero-order chi connectivity index (χ0) is 10.1. The fourth-order valence-corrected chi connectivity index (χ4v) is 2.54. The summed E-state index contributed by atoms with van der Waals surface area (Å²) in [5, 5.41) is 13.7. The number of hydrogen-bond acceptors (Lipinski definition) is 5. The summed E-state index contributed by atoms with van der Waals surface area (Å²) in [7, 11) is 0. The molecule has 5 nitrogen and oxygen atoms in total. The van der Waals surface area contributed by atoms with Gasteiger partial charge >= 0.3 is 0 Å². The van der Waals surface area contributed by atoms with Crippen LogP contribution in [0.15, 0.2) is 11.6 Å². The normalized spacial score (nSPS) is 18.7. The SMILES string of the molecule is c1cn2c(CN3CCNCC3)nnc2s1. The van der Waals surface area contributed by atoms with Crippen LogP contribution in [0.3, 0.4) is 0 Å². The molecular formula is C9H13N5S. The average molecular weight is 223 g/mol. The van der Waals surface area contributed by atoms with Crippen LogP contribution in [0, 0.1) is 0 Å². The molecule has 6 heteroatoms.